The van der Waals surface area contributed by atoms with E-state index in [2.05, 4.69) is 23.2 Å². The number of fused-ring (bicyclic) bond motifs is 1. The van der Waals surface area contributed by atoms with Gasteiger partial charge in [0.05, 0.1) is 23.9 Å². The second-order valence-corrected chi connectivity index (χ2v) is 5.44. The molecule has 24 heavy (non-hydrogen) atoms. The number of aromatic nitrogens is 1. The highest BCUT2D eigenvalue weighted by Gasteiger charge is 1.97. The quantitative estimate of drug-likeness (QED) is 0.595. The summed E-state index contributed by atoms with van der Waals surface area (Å²) in [4.78, 5) is 4.63. The summed E-state index contributed by atoms with van der Waals surface area (Å²) in [6.07, 6.45) is 5.30. The SMILES string of the molecule is N#CCCCOc1cccc(/C=C/c2ccc3ccccc3n2)c1. The van der Waals surface area contributed by atoms with E-state index in [1.54, 1.807) is 0 Å². The molecule has 2 aromatic carbocycles. The average Bonchev–Trinajstić information content (AvgIpc) is 2.64. The molecule has 3 nitrogen and oxygen atoms in total. The summed E-state index contributed by atoms with van der Waals surface area (Å²) in [6, 6.07) is 22.2. The fourth-order valence-electron chi connectivity index (χ4n) is 2.41. The molecule has 0 unspecified atom stereocenters. The van der Waals surface area contributed by atoms with Crippen molar-refractivity contribution in [3.63, 3.8) is 0 Å². The topological polar surface area (TPSA) is 45.9 Å². The van der Waals surface area contributed by atoms with Gasteiger partial charge in [-0.3, -0.25) is 0 Å². The molecule has 0 aliphatic carbocycles. The number of hydrogen-bond acceptors (Lipinski definition) is 3. The lowest BCUT2D eigenvalue weighted by atomic mass is 10.1. The zero-order chi connectivity index (χ0) is 16.6. The van der Waals surface area contributed by atoms with Gasteiger partial charge in [0.15, 0.2) is 0 Å². The maximum absolute atomic E-state index is 8.53. The van der Waals surface area contributed by atoms with Crippen LogP contribution in [0.25, 0.3) is 23.1 Å². The highest BCUT2D eigenvalue weighted by atomic mass is 16.5. The molecule has 0 aliphatic heterocycles. The highest BCUT2D eigenvalue weighted by Crippen LogP contribution is 2.17. The van der Waals surface area contributed by atoms with Gasteiger partial charge in [0.2, 0.25) is 0 Å². The van der Waals surface area contributed by atoms with Crippen molar-refractivity contribution in [2.75, 3.05) is 6.61 Å². The molecule has 118 valence electrons. The molecule has 3 heteroatoms. The summed E-state index contributed by atoms with van der Waals surface area (Å²) in [5.74, 6) is 0.821. The lowest BCUT2D eigenvalue weighted by molar-refractivity contribution is 0.312. The van der Waals surface area contributed by atoms with Gasteiger partial charge in [0, 0.05) is 11.8 Å². The smallest absolute Gasteiger partial charge is 0.119 e. The van der Waals surface area contributed by atoms with Crippen LogP contribution in [0, 0.1) is 11.3 Å². The Morgan fingerprint density at radius 3 is 2.83 bits per heavy atom. The number of rotatable bonds is 6. The minimum Gasteiger partial charge on any atom is -0.494 e. The Morgan fingerprint density at radius 2 is 1.92 bits per heavy atom. The monoisotopic (exact) mass is 314 g/mol. The van der Waals surface area contributed by atoms with Crippen molar-refractivity contribution >= 4 is 23.1 Å². The van der Waals surface area contributed by atoms with E-state index in [-0.39, 0.29) is 0 Å². The summed E-state index contributed by atoms with van der Waals surface area (Å²) in [5.41, 5.74) is 2.98. The number of hydrogen-bond donors (Lipinski definition) is 0. The Balaban J connectivity index is 1.70. The van der Waals surface area contributed by atoms with Crippen LogP contribution in [0.1, 0.15) is 24.1 Å². The third kappa shape index (κ3) is 4.21. The zero-order valence-electron chi connectivity index (χ0n) is 13.4. The maximum Gasteiger partial charge on any atom is 0.119 e. The van der Waals surface area contributed by atoms with E-state index in [1.165, 1.54) is 0 Å². The lowest BCUT2D eigenvalue weighted by Crippen LogP contribution is -1.96. The lowest BCUT2D eigenvalue weighted by Gasteiger charge is -2.05. The molecule has 0 spiro atoms. The molecule has 0 radical (unpaired) electrons. The molecular weight excluding hydrogens is 296 g/mol. The van der Waals surface area contributed by atoms with Crippen LogP contribution in [0.5, 0.6) is 5.75 Å². The zero-order valence-corrected chi connectivity index (χ0v) is 13.4. The number of nitriles is 1. The third-order valence-corrected chi connectivity index (χ3v) is 3.63. The van der Waals surface area contributed by atoms with Gasteiger partial charge in [-0.15, -0.1) is 0 Å². The molecular formula is C21H18N2O. The third-order valence-electron chi connectivity index (χ3n) is 3.63. The maximum atomic E-state index is 8.53. The van der Waals surface area contributed by atoms with Crippen molar-refractivity contribution in [2.45, 2.75) is 12.8 Å². The molecule has 1 heterocycles. The van der Waals surface area contributed by atoms with Gasteiger partial charge in [0.25, 0.3) is 0 Å². The summed E-state index contributed by atoms with van der Waals surface area (Å²) < 4.78 is 5.66. The van der Waals surface area contributed by atoms with Gasteiger partial charge in [0.1, 0.15) is 5.75 Å². The van der Waals surface area contributed by atoms with E-state index in [1.807, 2.05) is 60.7 Å². The van der Waals surface area contributed by atoms with Crippen molar-refractivity contribution in [2.24, 2.45) is 0 Å². The minimum absolute atomic E-state index is 0.521. The van der Waals surface area contributed by atoms with Crippen LogP contribution in [0.4, 0.5) is 0 Å². The largest absolute Gasteiger partial charge is 0.494 e. The first-order valence-electron chi connectivity index (χ1n) is 7.99. The van der Waals surface area contributed by atoms with Crippen molar-refractivity contribution in [3.05, 3.63) is 71.9 Å². The van der Waals surface area contributed by atoms with E-state index in [4.69, 9.17) is 10.00 Å². The molecule has 3 aromatic rings. The Bertz CT molecular complexity index is 893. The summed E-state index contributed by atoms with van der Waals surface area (Å²) in [7, 11) is 0. The molecule has 3 rings (SSSR count). The summed E-state index contributed by atoms with van der Waals surface area (Å²) in [6.45, 7) is 0.562. The first-order valence-corrected chi connectivity index (χ1v) is 7.99. The van der Waals surface area contributed by atoms with Crippen LogP contribution in [0.3, 0.4) is 0 Å². The number of unbranched alkanes of at least 4 members (excludes halogenated alkanes) is 1. The fourth-order valence-corrected chi connectivity index (χ4v) is 2.41. The van der Waals surface area contributed by atoms with Gasteiger partial charge in [-0.2, -0.15) is 5.26 Å². The number of benzene rings is 2. The number of nitrogens with zero attached hydrogens (tertiary/aromatic N) is 2. The van der Waals surface area contributed by atoms with Crippen molar-refractivity contribution in [1.82, 2.24) is 4.98 Å². The van der Waals surface area contributed by atoms with Gasteiger partial charge in [-0.05, 0) is 42.3 Å². The molecule has 1 aromatic heterocycles. The van der Waals surface area contributed by atoms with Crippen LogP contribution in [-0.4, -0.2) is 11.6 Å². The molecule has 0 fully saturated rings. The van der Waals surface area contributed by atoms with E-state index in [0.717, 1.165) is 34.3 Å². The van der Waals surface area contributed by atoms with Crippen LogP contribution in [-0.2, 0) is 0 Å². The van der Waals surface area contributed by atoms with E-state index < -0.39 is 0 Å². The second-order valence-electron chi connectivity index (χ2n) is 5.44. The van der Waals surface area contributed by atoms with Crippen molar-refractivity contribution < 1.29 is 4.74 Å². The number of ether oxygens (including phenoxy) is 1. The molecule has 0 bridgehead atoms. The Morgan fingerprint density at radius 1 is 1.00 bits per heavy atom. The van der Waals surface area contributed by atoms with Gasteiger partial charge in [-0.1, -0.05) is 42.5 Å². The van der Waals surface area contributed by atoms with Crippen molar-refractivity contribution in [1.29, 1.82) is 5.26 Å². The normalized spacial score (nSPS) is 10.8. The highest BCUT2D eigenvalue weighted by molar-refractivity contribution is 5.80. The molecule has 0 amide bonds. The molecule has 0 aliphatic rings. The second kappa shape index (κ2) is 7.94. The van der Waals surface area contributed by atoms with Crippen LogP contribution in [0.2, 0.25) is 0 Å². The first-order chi connectivity index (χ1) is 11.8. The van der Waals surface area contributed by atoms with Crippen LogP contribution >= 0.6 is 0 Å². The number of pyridine rings is 1. The van der Waals surface area contributed by atoms with Crippen LogP contribution < -0.4 is 4.74 Å². The molecule has 0 atom stereocenters. The van der Waals surface area contributed by atoms with E-state index >= 15 is 0 Å². The van der Waals surface area contributed by atoms with E-state index in [9.17, 15) is 0 Å². The Labute approximate surface area is 141 Å². The predicted octanol–water partition coefficient (Wildman–Crippen LogP) is 5.09. The Kier molecular flexibility index (Phi) is 5.21. The van der Waals surface area contributed by atoms with Crippen molar-refractivity contribution in [3.8, 4) is 11.8 Å². The summed E-state index contributed by atoms with van der Waals surface area (Å²) >= 11 is 0. The van der Waals surface area contributed by atoms with Gasteiger partial charge in [-0.25, -0.2) is 4.98 Å². The van der Waals surface area contributed by atoms with Gasteiger partial charge >= 0.3 is 0 Å². The average molecular weight is 314 g/mol. The Hall–Kier alpha value is -3.12. The summed E-state index contributed by atoms with van der Waals surface area (Å²) in [5, 5.41) is 9.67. The molecule has 0 saturated heterocycles. The van der Waals surface area contributed by atoms with E-state index in [0.29, 0.717) is 13.0 Å². The molecule has 0 saturated carbocycles. The number of para-hydroxylation sites is 1. The minimum atomic E-state index is 0.521. The van der Waals surface area contributed by atoms with Gasteiger partial charge < -0.3 is 4.74 Å². The van der Waals surface area contributed by atoms with Crippen LogP contribution in [0.15, 0.2) is 60.7 Å². The first kappa shape index (κ1) is 15.8. The molecule has 0 N–H and O–H groups in total. The predicted molar refractivity (Wildman–Crippen MR) is 97.5 cm³/mol. The standard InChI is InChI=1S/C21H18N2O/c22-14-3-4-15-24-20-8-5-6-17(16-20)10-12-19-13-11-18-7-1-2-9-21(18)23-19/h1-2,5-13,16H,3-4,15H2/b12-10+. The fraction of sp³-hybridized carbons (Fsp3) is 0.143.